The lowest BCUT2D eigenvalue weighted by Crippen LogP contribution is -2.09. The summed E-state index contributed by atoms with van der Waals surface area (Å²) in [4.78, 5) is 3.70. The zero-order valence-electron chi connectivity index (χ0n) is 6.10. The molecule has 0 unspecified atom stereocenters. The van der Waals surface area contributed by atoms with Crippen LogP contribution in [-0.2, 0) is 0 Å². The predicted molar refractivity (Wildman–Crippen MR) is 43.7 cm³/mol. The van der Waals surface area contributed by atoms with Crippen LogP contribution >= 0.6 is 11.6 Å². The van der Waals surface area contributed by atoms with Crippen molar-refractivity contribution in [3.8, 4) is 0 Å². The number of hydrogen-bond acceptors (Lipinski definition) is 2. The molecule has 0 amide bonds. The summed E-state index contributed by atoms with van der Waals surface area (Å²) in [6.45, 7) is -0.375. The van der Waals surface area contributed by atoms with Gasteiger partial charge in [0.15, 0.2) is 0 Å². The van der Waals surface area contributed by atoms with Crippen LogP contribution in [0.5, 0.6) is 0 Å². The van der Waals surface area contributed by atoms with E-state index in [1.165, 1.54) is 12.3 Å². The number of anilines is 1. The van der Waals surface area contributed by atoms with Crippen LogP contribution < -0.4 is 5.32 Å². The van der Waals surface area contributed by atoms with Crippen molar-refractivity contribution in [1.82, 2.24) is 4.98 Å². The molecule has 1 aromatic heterocycles. The van der Waals surface area contributed by atoms with Gasteiger partial charge in [-0.2, -0.15) is 0 Å². The predicted octanol–water partition coefficient (Wildman–Crippen LogP) is 2.41. The molecule has 1 N–H and O–H groups in total. The van der Waals surface area contributed by atoms with Gasteiger partial charge in [0, 0.05) is 11.9 Å². The molecule has 0 spiro atoms. The average Bonchev–Trinajstić information content (AvgIpc) is 2.01. The number of alkyl halides is 2. The second kappa shape index (κ2) is 4.21. The van der Waals surface area contributed by atoms with Crippen LogP contribution in [0.25, 0.3) is 0 Å². The maximum Gasteiger partial charge on any atom is 0.255 e. The van der Waals surface area contributed by atoms with E-state index in [1.54, 1.807) is 6.07 Å². The second-order valence-corrected chi connectivity index (χ2v) is 2.53. The Morgan fingerprint density at radius 1 is 1.58 bits per heavy atom. The SMILES string of the molecule is FC(F)CNc1ccnc(Cl)c1. The summed E-state index contributed by atoms with van der Waals surface area (Å²) < 4.78 is 23.4. The summed E-state index contributed by atoms with van der Waals surface area (Å²) in [5.74, 6) is 0. The van der Waals surface area contributed by atoms with E-state index in [9.17, 15) is 8.78 Å². The third-order valence-corrected chi connectivity index (χ3v) is 1.39. The molecule has 0 saturated heterocycles. The van der Waals surface area contributed by atoms with Crippen molar-refractivity contribution in [2.45, 2.75) is 6.43 Å². The second-order valence-electron chi connectivity index (χ2n) is 2.14. The zero-order chi connectivity index (χ0) is 8.97. The highest BCUT2D eigenvalue weighted by Crippen LogP contribution is 2.11. The Hall–Kier alpha value is -0.900. The van der Waals surface area contributed by atoms with Gasteiger partial charge < -0.3 is 5.32 Å². The Labute approximate surface area is 73.6 Å². The van der Waals surface area contributed by atoms with Gasteiger partial charge in [-0.1, -0.05) is 11.6 Å². The molecular weight excluding hydrogens is 186 g/mol. The number of pyridine rings is 1. The van der Waals surface area contributed by atoms with Gasteiger partial charge in [0.05, 0.1) is 6.54 Å². The molecule has 1 rings (SSSR count). The summed E-state index contributed by atoms with van der Waals surface area (Å²) in [6.07, 6.45) is -0.909. The summed E-state index contributed by atoms with van der Waals surface area (Å²) in [6, 6.07) is 3.07. The number of halogens is 3. The molecule has 0 saturated carbocycles. The number of aromatic nitrogens is 1. The van der Waals surface area contributed by atoms with Gasteiger partial charge in [0.25, 0.3) is 6.43 Å². The Morgan fingerprint density at radius 2 is 2.33 bits per heavy atom. The van der Waals surface area contributed by atoms with E-state index < -0.39 is 6.43 Å². The molecule has 1 aromatic rings. The molecule has 0 radical (unpaired) electrons. The largest absolute Gasteiger partial charge is 0.379 e. The molecule has 0 aliphatic carbocycles. The summed E-state index contributed by atoms with van der Waals surface area (Å²) in [5, 5.41) is 2.80. The first kappa shape index (κ1) is 9.19. The van der Waals surface area contributed by atoms with Crippen LogP contribution in [0.4, 0.5) is 14.5 Å². The highest BCUT2D eigenvalue weighted by Gasteiger charge is 2.01. The van der Waals surface area contributed by atoms with Crippen molar-refractivity contribution in [3.63, 3.8) is 0 Å². The fourth-order valence-corrected chi connectivity index (χ4v) is 0.881. The minimum atomic E-state index is -2.36. The first-order valence-electron chi connectivity index (χ1n) is 3.32. The van der Waals surface area contributed by atoms with Gasteiger partial charge in [0.2, 0.25) is 0 Å². The maximum atomic E-state index is 11.7. The lowest BCUT2D eigenvalue weighted by atomic mass is 10.4. The molecule has 2 nitrogen and oxygen atoms in total. The molecule has 0 aliphatic rings. The van der Waals surface area contributed by atoms with Crippen LogP contribution in [0.2, 0.25) is 5.15 Å². The fraction of sp³-hybridized carbons (Fsp3) is 0.286. The Balaban J connectivity index is 2.52. The van der Waals surface area contributed by atoms with Crippen molar-refractivity contribution in [3.05, 3.63) is 23.5 Å². The number of rotatable bonds is 3. The Morgan fingerprint density at radius 3 is 2.92 bits per heavy atom. The number of hydrogen-bond donors (Lipinski definition) is 1. The third kappa shape index (κ3) is 3.00. The smallest absolute Gasteiger partial charge is 0.255 e. The maximum absolute atomic E-state index is 11.7. The molecule has 0 fully saturated rings. The quantitative estimate of drug-likeness (QED) is 0.744. The number of nitrogens with zero attached hydrogens (tertiary/aromatic N) is 1. The van der Waals surface area contributed by atoms with E-state index in [2.05, 4.69) is 10.3 Å². The molecule has 1 heterocycles. The van der Waals surface area contributed by atoms with E-state index in [4.69, 9.17) is 11.6 Å². The zero-order valence-corrected chi connectivity index (χ0v) is 6.85. The Bertz CT molecular complexity index is 255. The van der Waals surface area contributed by atoms with Crippen molar-refractivity contribution >= 4 is 17.3 Å². The normalized spacial score (nSPS) is 10.3. The first-order chi connectivity index (χ1) is 5.68. The topological polar surface area (TPSA) is 24.9 Å². The number of nitrogens with one attached hydrogen (secondary N) is 1. The molecule has 0 atom stereocenters. The van der Waals surface area contributed by atoms with Gasteiger partial charge in [-0.25, -0.2) is 13.8 Å². The van der Waals surface area contributed by atoms with Crippen LogP contribution in [0.3, 0.4) is 0 Å². The monoisotopic (exact) mass is 192 g/mol. The van der Waals surface area contributed by atoms with Gasteiger partial charge in [-0.15, -0.1) is 0 Å². The minimum absolute atomic E-state index is 0.286. The van der Waals surface area contributed by atoms with E-state index in [1.807, 2.05) is 0 Å². The first-order valence-corrected chi connectivity index (χ1v) is 3.70. The lowest BCUT2D eigenvalue weighted by Gasteiger charge is -2.04. The minimum Gasteiger partial charge on any atom is -0.379 e. The van der Waals surface area contributed by atoms with Crippen molar-refractivity contribution in [2.75, 3.05) is 11.9 Å². The fourth-order valence-electron chi connectivity index (χ4n) is 0.707. The van der Waals surface area contributed by atoms with Gasteiger partial charge >= 0.3 is 0 Å². The molecule has 5 heteroatoms. The van der Waals surface area contributed by atoms with Crippen LogP contribution in [-0.4, -0.2) is 18.0 Å². The summed E-state index contributed by atoms with van der Waals surface area (Å²) in [7, 11) is 0. The standard InChI is InChI=1S/C7H7ClF2N2/c8-6-3-5(1-2-11-6)12-4-7(9)10/h1-3,7H,4H2,(H,11,12). The Kier molecular flexibility index (Phi) is 3.22. The van der Waals surface area contributed by atoms with Crippen molar-refractivity contribution < 1.29 is 8.78 Å². The van der Waals surface area contributed by atoms with Crippen molar-refractivity contribution in [2.24, 2.45) is 0 Å². The van der Waals surface area contributed by atoms with Gasteiger partial charge in [-0.05, 0) is 12.1 Å². The average molecular weight is 193 g/mol. The lowest BCUT2D eigenvalue weighted by molar-refractivity contribution is 0.163. The van der Waals surface area contributed by atoms with E-state index in [-0.39, 0.29) is 11.7 Å². The van der Waals surface area contributed by atoms with Gasteiger partial charge in [0.1, 0.15) is 5.15 Å². The van der Waals surface area contributed by atoms with Crippen LogP contribution in [0, 0.1) is 0 Å². The van der Waals surface area contributed by atoms with Crippen LogP contribution in [0.1, 0.15) is 0 Å². The molecule has 12 heavy (non-hydrogen) atoms. The third-order valence-electron chi connectivity index (χ3n) is 1.19. The van der Waals surface area contributed by atoms with E-state index in [0.29, 0.717) is 5.69 Å². The molecule has 0 bridgehead atoms. The molecule has 0 aliphatic heterocycles. The van der Waals surface area contributed by atoms with E-state index in [0.717, 1.165) is 0 Å². The van der Waals surface area contributed by atoms with Crippen LogP contribution in [0.15, 0.2) is 18.3 Å². The van der Waals surface area contributed by atoms with E-state index >= 15 is 0 Å². The molecule has 66 valence electrons. The highest BCUT2D eigenvalue weighted by molar-refractivity contribution is 6.29. The highest BCUT2D eigenvalue weighted by atomic mass is 35.5. The van der Waals surface area contributed by atoms with Gasteiger partial charge in [-0.3, -0.25) is 0 Å². The molecular formula is C7H7ClF2N2. The summed E-state index contributed by atoms with van der Waals surface area (Å²) in [5.41, 5.74) is 0.551. The molecule has 0 aromatic carbocycles. The van der Waals surface area contributed by atoms with Crippen molar-refractivity contribution in [1.29, 1.82) is 0 Å². The summed E-state index contributed by atoms with van der Waals surface area (Å²) >= 11 is 5.52.